The number of hydrogen-bond donors (Lipinski definition) is 1. The van der Waals surface area contributed by atoms with Crippen molar-refractivity contribution in [1.29, 1.82) is 0 Å². The van der Waals surface area contributed by atoms with Gasteiger partial charge in [-0.25, -0.2) is 8.42 Å². The molecule has 3 rings (SSSR count). The van der Waals surface area contributed by atoms with Crippen LogP contribution in [0.1, 0.15) is 18.4 Å². The highest BCUT2D eigenvalue weighted by molar-refractivity contribution is 7.89. The summed E-state index contributed by atoms with van der Waals surface area (Å²) in [5, 5.41) is 4.02. The number of sulfonamides is 1. The van der Waals surface area contributed by atoms with Crippen molar-refractivity contribution < 1.29 is 8.42 Å². The summed E-state index contributed by atoms with van der Waals surface area (Å²) < 4.78 is 27.8. The van der Waals surface area contributed by atoms with Crippen molar-refractivity contribution in [1.82, 2.24) is 14.6 Å². The maximum Gasteiger partial charge on any atom is 0.245 e. The summed E-state index contributed by atoms with van der Waals surface area (Å²) in [4.78, 5) is 4.70. The topological polar surface area (TPSA) is 62.3 Å². The molecule has 1 aromatic heterocycles. The Morgan fingerprint density at radius 1 is 1.39 bits per heavy atom. The van der Waals surface area contributed by atoms with Crippen LogP contribution in [0.5, 0.6) is 0 Å². The molecule has 124 valence electrons. The molecule has 5 nitrogen and oxygen atoms in total. The smallest absolute Gasteiger partial charge is 0.245 e. The van der Waals surface area contributed by atoms with Gasteiger partial charge in [0.15, 0.2) is 0 Å². The minimum atomic E-state index is -3.51. The number of fused-ring (bicyclic) bond motifs is 1. The zero-order chi connectivity index (χ0) is 16.4. The number of benzene rings is 1. The van der Waals surface area contributed by atoms with E-state index in [1.165, 1.54) is 0 Å². The highest BCUT2D eigenvalue weighted by Crippen LogP contribution is 2.28. The maximum absolute atomic E-state index is 13.1. The second kappa shape index (κ2) is 6.55. The standard InChI is InChI=1S/C17H23N3O2S/c1-13-9-15-6-3-7-16(17(15)19-10-13)23(21,22)20-8-4-5-14(12-20)11-18-2/h3,6-7,9-10,14,18H,4-5,8,11-12H2,1-2H3/t14-/m0/s1. The fourth-order valence-corrected chi connectivity index (χ4v) is 5.01. The molecule has 1 aliphatic heterocycles. The zero-order valence-corrected chi connectivity index (χ0v) is 14.4. The van der Waals surface area contributed by atoms with Gasteiger partial charge in [-0.15, -0.1) is 0 Å². The van der Waals surface area contributed by atoms with E-state index in [2.05, 4.69) is 10.3 Å². The van der Waals surface area contributed by atoms with Gasteiger partial charge in [0.2, 0.25) is 10.0 Å². The third-order valence-electron chi connectivity index (χ3n) is 4.40. The first-order valence-electron chi connectivity index (χ1n) is 8.02. The van der Waals surface area contributed by atoms with Crippen LogP contribution in [0.25, 0.3) is 10.9 Å². The first kappa shape index (κ1) is 16.4. The van der Waals surface area contributed by atoms with E-state index in [-0.39, 0.29) is 0 Å². The molecular weight excluding hydrogens is 310 g/mol. The Labute approximate surface area is 137 Å². The van der Waals surface area contributed by atoms with E-state index in [0.29, 0.717) is 29.4 Å². The Hall–Kier alpha value is -1.50. The lowest BCUT2D eigenvalue weighted by Crippen LogP contribution is -2.42. The summed E-state index contributed by atoms with van der Waals surface area (Å²) in [6.07, 6.45) is 3.70. The minimum Gasteiger partial charge on any atom is -0.319 e. The van der Waals surface area contributed by atoms with E-state index >= 15 is 0 Å². The molecular formula is C17H23N3O2S. The lowest BCUT2D eigenvalue weighted by Gasteiger charge is -2.32. The third kappa shape index (κ3) is 3.24. The molecule has 0 bridgehead atoms. The molecule has 1 fully saturated rings. The molecule has 0 aliphatic carbocycles. The number of hydrogen-bond acceptors (Lipinski definition) is 4. The van der Waals surface area contributed by atoms with E-state index in [9.17, 15) is 8.42 Å². The summed E-state index contributed by atoms with van der Waals surface area (Å²) in [6, 6.07) is 7.35. The van der Waals surface area contributed by atoms with Gasteiger partial charge in [-0.1, -0.05) is 12.1 Å². The Morgan fingerprint density at radius 2 is 2.22 bits per heavy atom. The molecule has 1 aliphatic rings. The lowest BCUT2D eigenvalue weighted by molar-refractivity contribution is 0.263. The number of nitrogens with one attached hydrogen (secondary N) is 1. The van der Waals surface area contributed by atoms with E-state index in [1.54, 1.807) is 22.6 Å². The molecule has 0 spiro atoms. The van der Waals surface area contributed by atoms with Gasteiger partial charge in [-0.3, -0.25) is 4.98 Å². The second-order valence-corrected chi connectivity index (χ2v) is 8.18. The van der Waals surface area contributed by atoms with Gasteiger partial charge in [-0.05, 0) is 57.0 Å². The minimum absolute atomic E-state index is 0.320. The van der Waals surface area contributed by atoms with E-state index in [0.717, 1.165) is 30.3 Å². The molecule has 0 amide bonds. The number of nitrogens with zero attached hydrogens (tertiary/aromatic N) is 2. The van der Waals surface area contributed by atoms with Crippen molar-refractivity contribution in [2.24, 2.45) is 5.92 Å². The molecule has 0 radical (unpaired) electrons. The number of aromatic nitrogens is 1. The first-order valence-corrected chi connectivity index (χ1v) is 9.46. The van der Waals surface area contributed by atoms with Crippen molar-refractivity contribution >= 4 is 20.9 Å². The van der Waals surface area contributed by atoms with Crippen LogP contribution in [0.2, 0.25) is 0 Å². The van der Waals surface area contributed by atoms with Gasteiger partial charge in [-0.2, -0.15) is 4.31 Å². The van der Waals surface area contributed by atoms with Crippen LogP contribution in [-0.4, -0.2) is 44.4 Å². The van der Waals surface area contributed by atoms with E-state index in [4.69, 9.17) is 0 Å². The summed E-state index contributed by atoms with van der Waals surface area (Å²) in [5.74, 6) is 0.369. The van der Waals surface area contributed by atoms with E-state index in [1.807, 2.05) is 26.1 Å². The molecule has 0 saturated carbocycles. The fraction of sp³-hybridized carbons (Fsp3) is 0.471. The average molecular weight is 333 g/mol. The van der Waals surface area contributed by atoms with Gasteiger partial charge in [0.1, 0.15) is 4.90 Å². The number of piperidine rings is 1. The van der Waals surface area contributed by atoms with Crippen molar-refractivity contribution in [3.63, 3.8) is 0 Å². The summed E-state index contributed by atoms with van der Waals surface area (Å²) in [6.45, 7) is 3.97. The highest BCUT2D eigenvalue weighted by atomic mass is 32.2. The molecule has 0 unspecified atom stereocenters. The van der Waals surface area contributed by atoms with Crippen LogP contribution in [0.15, 0.2) is 35.4 Å². The Balaban J connectivity index is 1.99. The van der Waals surface area contributed by atoms with Crippen LogP contribution in [0, 0.1) is 12.8 Å². The number of para-hydroxylation sites is 1. The van der Waals surface area contributed by atoms with Gasteiger partial charge < -0.3 is 5.32 Å². The van der Waals surface area contributed by atoms with Gasteiger partial charge in [0, 0.05) is 24.7 Å². The predicted octanol–water partition coefficient (Wildman–Crippen LogP) is 2.16. The molecule has 1 atom stereocenters. The Morgan fingerprint density at radius 3 is 3.00 bits per heavy atom. The van der Waals surface area contributed by atoms with E-state index < -0.39 is 10.0 Å². The molecule has 1 saturated heterocycles. The second-order valence-electron chi connectivity index (χ2n) is 6.27. The van der Waals surface area contributed by atoms with Crippen molar-refractivity contribution in [2.75, 3.05) is 26.7 Å². The average Bonchev–Trinajstić information content (AvgIpc) is 2.54. The molecule has 2 aromatic rings. The van der Waals surface area contributed by atoms with Crippen LogP contribution in [0.3, 0.4) is 0 Å². The predicted molar refractivity (Wildman–Crippen MR) is 91.9 cm³/mol. The van der Waals surface area contributed by atoms with Crippen LogP contribution >= 0.6 is 0 Å². The van der Waals surface area contributed by atoms with Gasteiger partial charge in [0.25, 0.3) is 0 Å². The van der Waals surface area contributed by atoms with Gasteiger partial charge >= 0.3 is 0 Å². The van der Waals surface area contributed by atoms with Crippen LogP contribution in [0.4, 0.5) is 0 Å². The number of aryl methyl sites for hydroxylation is 1. The Kier molecular flexibility index (Phi) is 4.66. The molecule has 6 heteroatoms. The summed E-state index contributed by atoms with van der Waals surface area (Å²) in [7, 11) is -1.60. The first-order chi connectivity index (χ1) is 11.0. The highest BCUT2D eigenvalue weighted by Gasteiger charge is 2.31. The SMILES string of the molecule is CNC[C@@H]1CCCN(S(=O)(=O)c2cccc3cc(C)cnc23)C1. The molecule has 23 heavy (non-hydrogen) atoms. The normalized spacial score (nSPS) is 20.0. The van der Waals surface area contributed by atoms with Gasteiger partial charge in [0.05, 0.1) is 5.52 Å². The largest absolute Gasteiger partial charge is 0.319 e. The monoisotopic (exact) mass is 333 g/mol. The zero-order valence-electron chi connectivity index (χ0n) is 13.6. The summed E-state index contributed by atoms with van der Waals surface area (Å²) in [5.41, 5.74) is 1.59. The molecule has 1 N–H and O–H groups in total. The van der Waals surface area contributed by atoms with Crippen LogP contribution < -0.4 is 5.32 Å². The fourth-order valence-electron chi connectivity index (χ4n) is 3.29. The molecule has 1 aromatic carbocycles. The quantitative estimate of drug-likeness (QED) is 0.931. The van der Waals surface area contributed by atoms with Crippen molar-refractivity contribution in [3.8, 4) is 0 Å². The maximum atomic E-state index is 13.1. The third-order valence-corrected chi connectivity index (χ3v) is 6.30. The number of pyridine rings is 1. The van der Waals surface area contributed by atoms with Crippen molar-refractivity contribution in [2.45, 2.75) is 24.7 Å². The Bertz CT molecular complexity index is 803. The summed E-state index contributed by atoms with van der Waals surface area (Å²) >= 11 is 0. The van der Waals surface area contributed by atoms with Crippen molar-refractivity contribution in [3.05, 3.63) is 36.0 Å². The molecule has 2 heterocycles. The van der Waals surface area contributed by atoms with Crippen LogP contribution in [-0.2, 0) is 10.0 Å². The number of rotatable bonds is 4. The lowest BCUT2D eigenvalue weighted by atomic mass is 10.00.